The van der Waals surface area contributed by atoms with Gasteiger partial charge in [0.1, 0.15) is 0 Å². The summed E-state index contributed by atoms with van der Waals surface area (Å²) in [7, 11) is 0. The molecule has 0 bridgehead atoms. The van der Waals surface area contributed by atoms with E-state index in [4.69, 9.17) is 0 Å². The molecule has 0 spiro atoms. The molecule has 0 saturated carbocycles. The van der Waals surface area contributed by atoms with Crippen LogP contribution in [-0.4, -0.2) is 41.4 Å². The van der Waals surface area contributed by atoms with E-state index in [2.05, 4.69) is 6.92 Å². The number of Topliss-reactive ketones (excluding diaryl/α,β-unsaturated/α-hetero) is 1. The predicted molar refractivity (Wildman–Crippen MR) is 83.5 cm³/mol. The summed E-state index contributed by atoms with van der Waals surface area (Å²) in [5.74, 6) is 0.108. The van der Waals surface area contributed by atoms with E-state index in [0.29, 0.717) is 13.1 Å². The number of carbonyl (C=O) groups excluding carboxylic acids is 2. The monoisotopic (exact) mass is 309 g/mol. The highest BCUT2D eigenvalue weighted by Crippen LogP contribution is 2.34. The fourth-order valence-electron chi connectivity index (χ4n) is 2.79. The molecule has 5 heteroatoms. The molecule has 1 amide bonds. The van der Waals surface area contributed by atoms with Gasteiger partial charge in [0.15, 0.2) is 5.78 Å². The summed E-state index contributed by atoms with van der Waals surface area (Å²) in [6.07, 6.45) is 3.22. The molecule has 1 aliphatic rings. The van der Waals surface area contributed by atoms with Crippen LogP contribution in [0.5, 0.6) is 0 Å². The zero-order chi connectivity index (χ0) is 15.3. The van der Waals surface area contributed by atoms with Crippen LogP contribution in [0.2, 0.25) is 0 Å². The lowest BCUT2D eigenvalue weighted by atomic mass is 9.77. The van der Waals surface area contributed by atoms with Gasteiger partial charge in [-0.3, -0.25) is 9.59 Å². The first-order valence-electron chi connectivity index (χ1n) is 7.55. The first-order valence-corrected chi connectivity index (χ1v) is 8.43. The Kier molecular flexibility index (Phi) is 5.53. The van der Waals surface area contributed by atoms with E-state index in [-0.39, 0.29) is 36.6 Å². The van der Waals surface area contributed by atoms with Crippen molar-refractivity contribution in [2.45, 2.75) is 39.0 Å². The van der Waals surface area contributed by atoms with E-state index >= 15 is 0 Å². The Balaban J connectivity index is 1.79. The molecule has 1 aromatic rings. The average molecular weight is 309 g/mol. The number of carbonyl (C=O) groups is 2. The van der Waals surface area contributed by atoms with Crippen LogP contribution < -0.4 is 0 Å². The van der Waals surface area contributed by atoms with Crippen LogP contribution in [0, 0.1) is 5.41 Å². The number of aliphatic hydroxyl groups is 1. The van der Waals surface area contributed by atoms with Gasteiger partial charge < -0.3 is 10.0 Å². The number of likely N-dealkylation sites (tertiary alicyclic amines) is 1. The Hall–Kier alpha value is -1.20. The number of piperidine rings is 1. The summed E-state index contributed by atoms with van der Waals surface area (Å²) in [5, 5.41) is 11.4. The number of aliphatic hydroxyl groups excluding tert-OH is 1. The third-order valence-corrected chi connectivity index (χ3v) is 5.54. The molecule has 21 heavy (non-hydrogen) atoms. The summed E-state index contributed by atoms with van der Waals surface area (Å²) in [6.45, 7) is 3.68. The van der Waals surface area contributed by atoms with E-state index in [0.717, 1.165) is 24.1 Å². The molecule has 116 valence electrons. The first-order chi connectivity index (χ1) is 10.1. The minimum Gasteiger partial charge on any atom is -0.396 e. The van der Waals surface area contributed by atoms with Crippen LogP contribution in [0.15, 0.2) is 17.5 Å². The van der Waals surface area contributed by atoms with Crippen molar-refractivity contribution in [2.75, 3.05) is 19.7 Å². The quantitative estimate of drug-likeness (QED) is 0.822. The van der Waals surface area contributed by atoms with Gasteiger partial charge in [0.2, 0.25) is 5.91 Å². The van der Waals surface area contributed by atoms with Gasteiger partial charge in [0, 0.05) is 32.5 Å². The standard InChI is InChI=1S/C16H23NO3S/c1-2-16(12-18)7-9-17(10-8-16)15(20)6-5-13(19)14-4-3-11-21-14/h3-4,11,18H,2,5-10,12H2,1H3. The molecule has 1 aromatic heterocycles. The number of hydrogen-bond acceptors (Lipinski definition) is 4. The first kappa shape index (κ1) is 16.2. The van der Waals surface area contributed by atoms with Crippen molar-refractivity contribution in [3.63, 3.8) is 0 Å². The predicted octanol–water partition coefficient (Wildman–Crippen LogP) is 2.72. The van der Waals surface area contributed by atoms with E-state index < -0.39 is 0 Å². The third-order valence-electron chi connectivity index (χ3n) is 4.62. The van der Waals surface area contributed by atoms with Crippen LogP contribution >= 0.6 is 11.3 Å². The molecule has 1 fully saturated rings. The summed E-state index contributed by atoms with van der Waals surface area (Å²) in [6, 6.07) is 3.65. The van der Waals surface area contributed by atoms with E-state index in [1.165, 1.54) is 11.3 Å². The number of rotatable bonds is 6. The van der Waals surface area contributed by atoms with Crippen molar-refractivity contribution < 1.29 is 14.7 Å². The number of amides is 1. The zero-order valence-electron chi connectivity index (χ0n) is 12.5. The third kappa shape index (κ3) is 3.92. The Labute approximate surface area is 129 Å². The lowest BCUT2D eigenvalue weighted by Gasteiger charge is -2.40. The van der Waals surface area contributed by atoms with E-state index in [1.54, 1.807) is 6.07 Å². The van der Waals surface area contributed by atoms with E-state index in [9.17, 15) is 14.7 Å². The van der Waals surface area contributed by atoms with Gasteiger partial charge in [-0.15, -0.1) is 11.3 Å². The maximum atomic E-state index is 12.2. The molecule has 0 aliphatic carbocycles. The van der Waals surface area contributed by atoms with Crippen molar-refractivity contribution in [1.29, 1.82) is 0 Å². The zero-order valence-corrected chi connectivity index (χ0v) is 13.3. The van der Waals surface area contributed by atoms with Gasteiger partial charge in [-0.25, -0.2) is 0 Å². The second-order valence-corrected chi connectivity index (χ2v) is 6.74. The molecule has 0 unspecified atom stereocenters. The molecule has 0 aromatic carbocycles. The molecular formula is C16H23NO3S. The number of thiophene rings is 1. The molecule has 2 rings (SSSR count). The van der Waals surface area contributed by atoms with Gasteiger partial charge in [0.25, 0.3) is 0 Å². The fourth-order valence-corrected chi connectivity index (χ4v) is 3.49. The maximum Gasteiger partial charge on any atom is 0.223 e. The second-order valence-electron chi connectivity index (χ2n) is 5.79. The number of nitrogens with zero attached hydrogens (tertiary/aromatic N) is 1. The normalized spacial score (nSPS) is 17.7. The van der Waals surface area contributed by atoms with Gasteiger partial charge in [-0.2, -0.15) is 0 Å². The molecule has 1 aliphatic heterocycles. The lowest BCUT2D eigenvalue weighted by molar-refractivity contribution is -0.134. The second kappa shape index (κ2) is 7.18. The van der Waals surface area contributed by atoms with Crippen LogP contribution in [0.4, 0.5) is 0 Å². The SMILES string of the molecule is CCC1(CO)CCN(C(=O)CCC(=O)c2cccs2)CC1. The van der Waals surface area contributed by atoms with Gasteiger partial charge in [-0.05, 0) is 36.1 Å². The molecule has 0 atom stereocenters. The lowest BCUT2D eigenvalue weighted by Crippen LogP contribution is -2.44. The summed E-state index contributed by atoms with van der Waals surface area (Å²) in [4.78, 5) is 26.6. The van der Waals surface area contributed by atoms with Crippen molar-refractivity contribution in [2.24, 2.45) is 5.41 Å². The fraction of sp³-hybridized carbons (Fsp3) is 0.625. The maximum absolute atomic E-state index is 12.2. The molecular weight excluding hydrogens is 286 g/mol. The largest absolute Gasteiger partial charge is 0.396 e. The molecule has 0 radical (unpaired) electrons. The van der Waals surface area contributed by atoms with Gasteiger partial charge in [-0.1, -0.05) is 13.0 Å². The minimum atomic E-state index is -0.0103. The molecule has 1 saturated heterocycles. The number of ketones is 1. The van der Waals surface area contributed by atoms with Crippen LogP contribution in [0.1, 0.15) is 48.7 Å². The van der Waals surface area contributed by atoms with E-state index in [1.807, 2.05) is 16.3 Å². The Morgan fingerprint density at radius 2 is 2.05 bits per heavy atom. The van der Waals surface area contributed by atoms with Crippen molar-refractivity contribution in [3.8, 4) is 0 Å². The molecule has 2 heterocycles. The van der Waals surface area contributed by atoms with Crippen LogP contribution in [-0.2, 0) is 4.79 Å². The highest BCUT2D eigenvalue weighted by Gasteiger charge is 2.33. The Morgan fingerprint density at radius 1 is 1.33 bits per heavy atom. The highest BCUT2D eigenvalue weighted by atomic mass is 32.1. The average Bonchev–Trinajstić information content (AvgIpc) is 3.07. The Morgan fingerprint density at radius 3 is 2.57 bits per heavy atom. The number of hydrogen-bond donors (Lipinski definition) is 1. The smallest absolute Gasteiger partial charge is 0.223 e. The van der Waals surface area contributed by atoms with Crippen LogP contribution in [0.25, 0.3) is 0 Å². The Bertz CT molecular complexity index is 470. The highest BCUT2D eigenvalue weighted by molar-refractivity contribution is 7.12. The van der Waals surface area contributed by atoms with Gasteiger partial charge in [0.05, 0.1) is 4.88 Å². The summed E-state index contributed by atoms with van der Waals surface area (Å²) < 4.78 is 0. The molecule has 4 nitrogen and oxygen atoms in total. The summed E-state index contributed by atoms with van der Waals surface area (Å²) >= 11 is 1.42. The van der Waals surface area contributed by atoms with Gasteiger partial charge >= 0.3 is 0 Å². The topological polar surface area (TPSA) is 57.6 Å². The summed E-state index contributed by atoms with van der Waals surface area (Å²) in [5.41, 5.74) is -0.0103. The van der Waals surface area contributed by atoms with Crippen molar-refractivity contribution in [1.82, 2.24) is 4.90 Å². The minimum absolute atomic E-state index is 0.0103. The molecule has 1 N–H and O–H groups in total. The van der Waals surface area contributed by atoms with Crippen molar-refractivity contribution >= 4 is 23.0 Å². The van der Waals surface area contributed by atoms with Crippen LogP contribution in [0.3, 0.4) is 0 Å². The van der Waals surface area contributed by atoms with Crippen molar-refractivity contribution in [3.05, 3.63) is 22.4 Å².